The minimum absolute atomic E-state index is 0.364. The van der Waals surface area contributed by atoms with Crippen LogP contribution in [0, 0.1) is 0 Å². The molecule has 0 bridgehead atoms. The Hall–Kier alpha value is -1.09. The molecule has 0 saturated heterocycles. The maximum absolute atomic E-state index is 5.55. The van der Waals surface area contributed by atoms with E-state index in [9.17, 15) is 0 Å². The van der Waals surface area contributed by atoms with E-state index in [2.05, 4.69) is 16.8 Å². The molecule has 0 N–H and O–H groups in total. The summed E-state index contributed by atoms with van der Waals surface area (Å²) in [5.74, 6) is 0.515. The van der Waals surface area contributed by atoms with Crippen molar-refractivity contribution >= 4 is 17.4 Å². The highest BCUT2D eigenvalue weighted by Crippen LogP contribution is 2.11. The van der Waals surface area contributed by atoms with Crippen molar-refractivity contribution in [1.82, 2.24) is 10.2 Å². The zero-order valence-corrected chi connectivity index (χ0v) is 7.51. The molecule has 1 heterocycles. The van der Waals surface area contributed by atoms with E-state index in [0.717, 1.165) is 0 Å². The highest BCUT2D eigenvalue weighted by molar-refractivity contribution is 6.29. The van der Waals surface area contributed by atoms with Crippen molar-refractivity contribution in [2.45, 2.75) is 6.92 Å². The monoisotopic (exact) mass is 184 g/mol. The van der Waals surface area contributed by atoms with Crippen molar-refractivity contribution < 1.29 is 4.74 Å². The van der Waals surface area contributed by atoms with Crippen molar-refractivity contribution in [3.05, 3.63) is 29.6 Å². The zero-order chi connectivity index (χ0) is 8.97. The van der Waals surface area contributed by atoms with Gasteiger partial charge < -0.3 is 4.74 Å². The number of hydrogen-bond acceptors (Lipinski definition) is 3. The lowest BCUT2D eigenvalue weighted by Gasteiger charge is -2.03. The molecule has 3 nitrogen and oxygen atoms in total. The molecule has 4 heteroatoms. The van der Waals surface area contributed by atoms with Gasteiger partial charge in [-0.15, -0.1) is 10.2 Å². The molecule has 0 spiro atoms. The first-order chi connectivity index (χ1) is 5.74. The molecule has 0 aliphatic carbocycles. The van der Waals surface area contributed by atoms with Crippen molar-refractivity contribution in [3.63, 3.8) is 0 Å². The number of nitrogens with zero attached hydrogens (tertiary/aromatic N) is 2. The van der Waals surface area contributed by atoms with Crippen LogP contribution in [0.3, 0.4) is 0 Å². The molecule has 64 valence electrons. The van der Waals surface area contributed by atoms with Gasteiger partial charge in [-0.05, 0) is 19.1 Å². The standard InChI is InChI=1S/C8H9ClN2O/c1-3-12-6(2)7-4-5-8(9)11-10-7/h4-5H,2-3H2,1H3. The van der Waals surface area contributed by atoms with Gasteiger partial charge in [0, 0.05) is 0 Å². The molecular formula is C8H9ClN2O. The molecule has 1 rings (SSSR count). The first kappa shape index (κ1) is 9.00. The Labute approximate surface area is 76.0 Å². The van der Waals surface area contributed by atoms with Gasteiger partial charge in [-0.25, -0.2) is 0 Å². The average molecular weight is 185 g/mol. The zero-order valence-electron chi connectivity index (χ0n) is 6.75. The minimum atomic E-state index is 0.364. The van der Waals surface area contributed by atoms with E-state index < -0.39 is 0 Å². The van der Waals surface area contributed by atoms with Crippen LogP contribution < -0.4 is 0 Å². The van der Waals surface area contributed by atoms with Crippen molar-refractivity contribution in [1.29, 1.82) is 0 Å². The fraction of sp³-hybridized carbons (Fsp3) is 0.250. The lowest BCUT2D eigenvalue weighted by molar-refractivity contribution is 0.297. The van der Waals surface area contributed by atoms with E-state index in [1.807, 2.05) is 6.92 Å². The lowest BCUT2D eigenvalue weighted by atomic mass is 10.3. The fourth-order valence-corrected chi connectivity index (χ4v) is 0.814. The smallest absolute Gasteiger partial charge is 0.151 e. The molecule has 0 atom stereocenters. The normalized spacial score (nSPS) is 9.50. The van der Waals surface area contributed by atoms with Crippen molar-refractivity contribution in [2.75, 3.05) is 6.61 Å². The maximum atomic E-state index is 5.55. The van der Waals surface area contributed by atoms with Crippen LogP contribution in [0.15, 0.2) is 18.7 Å². The number of aromatic nitrogens is 2. The summed E-state index contributed by atoms with van der Waals surface area (Å²) in [4.78, 5) is 0. The second-order valence-electron chi connectivity index (χ2n) is 2.10. The Morgan fingerprint density at radius 3 is 2.83 bits per heavy atom. The van der Waals surface area contributed by atoms with Gasteiger partial charge in [0.15, 0.2) is 5.15 Å². The average Bonchev–Trinajstić information content (AvgIpc) is 2.06. The van der Waals surface area contributed by atoms with Gasteiger partial charge in [0.2, 0.25) is 0 Å². The predicted molar refractivity (Wildman–Crippen MR) is 47.7 cm³/mol. The molecule has 0 fully saturated rings. The molecule has 12 heavy (non-hydrogen) atoms. The minimum Gasteiger partial charge on any atom is -0.492 e. The molecule has 1 aromatic rings. The summed E-state index contributed by atoms with van der Waals surface area (Å²) in [6.07, 6.45) is 0. The van der Waals surface area contributed by atoms with E-state index in [0.29, 0.717) is 23.2 Å². The number of rotatable bonds is 3. The first-order valence-corrected chi connectivity index (χ1v) is 3.93. The van der Waals surface area contributed by atoms with Crippen LogP contribution in [-0.2, 0) is 4.74 Å². The summed E-state index contributed by atoms with van der Waals surface area (Å²) in [7, 11) is 0. The predicted octanol–water partition coefficient (Wildman–Crippen LogP) is 2.14. The molecule has 0 radical (unpaired) electrons. The van der Waals surface area contributed by atoms with Gasteiger partial charge in [0.05, 0.1) is 6.61 Å². The van der Waals surface area contributed by atoms with Crippen LogP contribution in [0.25, 0.3) is 5.76 Å². The Morgan fingerprint density at radius 1 is 1.58 bits per heavy atom. The second kappa shape index (κ2) is 4.07. The van der Waals surface area contributed by atoms with Gasteiger partial charge in [0.25, 0.3) is 0 Å². The van der Waals surface area contributed by atoms with Crippen LogP contribution >= 0.6 is 11.6 Å². The van der Waals surface area contributed by atoms with Crippen LogP contribution in [0.5, 0.6) is 0 Å². The Kier molecular flexibility index (Phi) is 3.05. The largest absolute Gasteiger partial charge is 0.492 e. The highest BCUT2D eigenvalue weighted by Gasteiger charge is 2.00. The molecule has 0 aliphatic rings. The topological polar surface area (TPSA) is 35.0 Å². The van der Waals surface area contributed by atoms with E-state index in [1.54, 1.807) is 12.1 Å². The van der Waals surface area contributed by atoms with Crippen LogP contribution in [0.1, 0.15) is 12.6 Å². The molecular weight excluding hydrogens is 176 g/mol. The highest BCUT2D eigenvalue weighted by atomic mass is 35.5. The van der Waals surface area contributed by atoms with Crippen molar-refractivity contribution in [3.8, 4) is 0 Å². The van der Waals surface area contributed by atoms with E-state index in [-0.39, 0.29) is 0 Å². The Balaban J connectivity index is 2.75. The SMILES string of the molecule is C=C(OCC)c1ccc(Cl)nn1. The third-order valence-electron chi connectivity index (χ3n) is 1.24. The van der Waals surface area contributed by atoms with Gasteiger partial charge in [0.1, 0.15) is 11.5 Å². The summed E-state index contributed by atoms with van der Waals surface area (Å²) in [6.45, 7) is 6.13. The summed E-state index contributed by atoms with van der Waals surface area (Å²) < 4.78 is 5.13. The third kappa shape index (κ3) is 2.20. The van der Waals surface area contributed by atoms with Crippen molar-refractivity contribution in [2.24, 2.45) is 0 Å². The Morgan fingerprint density at radius 2 is 2.33 bits per heavy atom. The molecule has 0 aromatic carbocycles. The van der Waals surface area contributed by atoms with E-state index >= 15 is 0 Å². The summed E-state index contributed by atoms with van der Waals surface area (Å²) in [6, 6.07) is 3.36. The third-order valence-corrected chi connectivity index (χ3v) is 1.44. The number of ether oxygens (including phenoxy) is 1. The molecule has 0 saturated carbocycles. The number of hydrogen-bond donors (Lipinski definition) is 0. The maximum Gasteiger partial charge on any atom is 0.151 e. The summed E-state index contributed by atoms with van der Waals surface area (Å²) in [5.41, 5.74) is 0.612. The Bertz CT molecular complexity index is 271. The van der Waals surface area contributed by atoms with Gasteiger partial charge >= 0.3 is 0 Å². The van der Waals surface area contributed by atoms with Crippen LogP contribution in [-0.4, -0.2) is 16.8 Å². The molecule has 0 unspecified atom stereocenters. The molecule has 0 aliphatic heterocycles. The van der Waals surface area contributed by atoms with E-state index in [4.69, 9.17) is 16.3 Å². The van der Waals surface area contributed by atoms with Gasteiger partial charge in [-0.3, -0.25) is 0 Å². The molecule has 0 amide bonds. The van der Waals surface area contributed by atoms with Gasteiger partial charge in [-0.2, -0.15) is 0 Å². The molecule has 1 aromatic heterocycles. The second-order valence-corrected chi connectivity index (χ2v) is 2.48. The number of halogens is 1. The first-order valence-electron chi connectivity index (χ1n) is 3.55. The lowest BCUT2D eigenvalue weighted by Crippen LogP contribution is -1.94. The van der Waals surface area contributed by atoms with Crippen LogP contribution in [0.2, 0.25) is 5.15 Å². The summed E-state index contributed by atoms with van der Waals surface area (Å²) >= 11 is 5.55. The fourth-order valence-electron chi connectivity index (χ4n) is 0.713. The quantitative estimate of drug-likeness (QED) is 0.676. The van der Waals surface area contributed by atoms with Crippen LogP contribution in [0.4, 0.5) is 0 Å². The summed E-state index contributed by atoms with van der Waals surface area (Å²) in [5, 5.41) is 7.81. The van der Waals surface area contributed by atoms with E-state index in [1.165, 1.54) is 0 Å². The van der Waals surface area contributed by atoms with Gasteiger partial charge in [-0.1, -0.05) is 18.2 Å².